The first-order valence-electron chi connectivity index (χ1n) is 5.34. The molecule has 6 nitrogen and oxygen atoms in total. The molecule has 0 aliphatic heterocycles. The van der Waals surface area contributed by atoms with Gasteiger partial charge in [-0.1, -0.05) is 0 Å². The predicted octanol–water partition coefficient (Wildman–Crippen LogP) is 1.51. The quantitative estimate of drug-likeness (QED) is 0.901. The summed E-state index contributed by atoms with van der Waals surface area (Å²) in [5, 5.41) is 2.48. The van der Waals surface area contributed by atoms with Gasteiger partial charge in [-0.3, -0.25) is 5.32 Å². The van der Waals surface area contributed by atoms with E-state index in [0.717, 1.165) is 4.31 Å². The molecule has 0 bridgehead atoms. The van der Waals surface area contributed by atoms with Crippen LogP contribution in [0.2, 0.25) is 0 Å². The van der Waals surface area contributed by atoms with E-state index >= 15 is 0 Å². The average Bonchev–Trinajstić information content (AvgIpc) is 2.29. The summed E-state index contributed by atoms with van der Waals surface area (Å²) in [6, 6.07) is 5.87. The molecule has 0 heterocycles. The zero-order chi connectivity index (χ0) is 13.8. The molecule has 0 aromatic heterocycles. The molecule has 0 aliphatic rings. The van der Waals surface area contributed by atoms with Crippen LogP contribution in [0.5, 0.6) is 0 Å². The van der Waals surface area contributed by atoms with Crippen molar-refractivity contribution >= 4 is 21.8 Å². The molecule has 100 valence electrons. The number of rotatable bonds is 4. The minimum absolute atomic E-state index is 0.168. The third-order valence-corrected chi connectivity index (χ3v) is 3.98. The summed E-state index contributed by atoms with van der Waals surface area (Å²) in [5.41, 5.74) is 0.478. The summed E-state index contributed by atoms with van der Waals surface area (Å²) in [6.07, 6.45) is -0.569. The van der Waals surface area contributed by atoms with Crippen LogP contribution in [0.25, 0.3) is 0 Å². The van der Waals surface area contributed by atoms with Crippen LogP contribution in [0.15, 0.2) is 29.2 Å². The SMILES string of the molecule is CCOC(=O)Nc1ccc(S(=O)(=O)N(C)C)cc1. The van der Waals surface area contributed by atoms with Gasteiger partial charge in [0, 0.05) is 19.8 Å². The maximum Gasteiger partial charge on any atom is 0.411 e. The van der Waals surface area contributed by atoms with Crippen molar-refractivity contribution in [2.75, 3.05) is 26.0 Å². The lowest BCUT2D eigenvalue weighted by atomic mass is 10.3. The highest BCUT2D eigenvalue weighted by atomic mass is 32.2. The fourth-order valence-electron chi connectivity index (χ4n) is 1.21. The van der Waals surface area contributed by atoms with Crippen LogP contribution in [0, 0.1) is 0 Å². The zero-order valence-electron chi connectivity index (χ0n) is 10.5. The van der Waals surface area contributed by atoms with Gasteiger partial charge in [-0.25, -0.2) is 17.5 Å². The topological polar surface area (TPSA) is 75.7 Å². The van der Waals surface area contributed by atoms with Crippen LogP contribution in [-0.4, -0.2) is 39.5 Å². The zero-order valence-corrected chi connectivity index (χ0v) is 11.3. The van der Waals surface area contributed by atoms with E-state index in [9.17, 15) is 13.2 Å². The Balaban J connectivity index is 2.84. The Morgan fingerprint density at radius 3 is 2.28 bits per heavy atom. The first kappa shape index (κ1) is 14.5. The van der Waals surface area contributed by atoms with Crippen LogP contribution in [0.3, 0.4) is 0 Å². The van der Waals surface area contributed by atoms with E-state index in [1.807, 2.05) is 0 Å². The van der Waals surface area contributed by atoms with Crippen LogP contribution in [0.1, 0.15) is 6.92 Å². The Hall–Kier alpha value is -1.60. The third kappa shape index (κ3) is 3.44. The molecule has 0 radical (unpaired) electrons. The highest BCUT2D eigenvalue weighted by Crippen LogP contribution is 2.16. The van der Waals surface area contributed by atoms with Crippen molar-refractivity contribution in [2.45, 2.75) is 11.8 Å². The van der Waals surface area contributed by atoms with Gasteiger partial charge < -0.3 is 4.74 Å². The lowest BCUT2D eigenvalue weighted by Gasteiger charge is -2.11. The second kappa shape index (κ2) is 5.83. The molecule has 1 rings (SSSR count). The van der Waals surface area contributed by atoms with Gasteiger partial charge in [-0.05, 0) is 31.2 Å². The summed E-state index contributed by atoms with van der Waals surface area (Å²) < 4.78 is 29.4. The molecule has 1 aromatic carbocycles. The van der Waals surface area contributed by atoms with Crippen molar-refractivity contribution in [3.05, 3.63) is 24.3 Å². The summed E-state index contributed by atoms with van der Waals surface area (Å²) >= 11 is 0. The van der Waals surface area contributed by atoms with E-state index in [4.69, 9.17) is 4.74 Å². The van der Waals surface area contributed by atoms with Gasteiger partial charge in [0.15, 0.2) is 0 Å². The lowest BCUT2D eigenvalue weighted by Crippen LogP contribution is -2.22. The molecular formula is C11H16N2O4S. The predicted molar refractivity (Wildman–Crippen MR) is 68.0 cm³/mol. The van der Waals surface area contributed by atoms with E-state index in [1.165, 1.54) is 38.4 Å². The molecule has 0 saturated carbocycles. The summed E-state index contributed by atoms with van der Waals surface area (Å²) in [5.74, 6) is 0. The molecule has 1 N–H and O–H groups in total. The summed E-state index contributed by atoms with van der Waals surface area (Å²) in [4.78, 5) is 11.3. The van der Waals surface area contributed by atoms with Gasteiger partial charge >= 0.3 is 6.09 Å². The van der Waals surface area contributed by atoms with Gasteiger partial charge in [0.05, 0.1) is 11.5 Å². The standard InChI is InChI=1S/C11H16N2O4S/c1-4-17-11(14)12-9-5-7-10(8-6-9)18(15,16)13(2)3/h5-8H,4H2,1-3H3,(H,12,14). The second-order valence-electron chi connectivity index (χ2n) is 3.66. The Labute approximate surface area is 107 Å². The Kier molecular flexibility index (Phi) is 4.69. The van der Waals surface area contributed by atoms with E-state index in [2.05, 4.69) is 5.32 Å². The number of hydrogen-bond donors (Lipinski definition) is 1. The van der Waals surface area contributed by atoms with Crippen molar-refractivity contribution in [1.29, 1.82) is 0 Å². The molecule has 18 heavy (non-hydrogen) atoms. The molecule has 0 atom stereocenters. The van der Waals surface area contributed by atoms with E-state index < -0.39 is 16.1 Å². The minimum atomic E-state index is -3.44. The molecule has 1 amide bonds. The number of anilines is 1. The number of benzene rings is 1. The fraction of sp³-hybridized carbons (Fsp3) is 0.364. The number of nitrogens with one attached hydrogen (secondary N) is 1. The third-order valence-electron chi connectivity index (χ3n) is 2.15. The van der Waals surface area contributed by atoms with E-state index in [0.29, 0.717) is 5.69 Å². The highest BCUT2D eigenvalue weighted by molar-refractivity contribution is 7.89. The maximum absolute atomic E-state index is 11.8. The lowest BCUT2D eigenvalue weighted by molar-refractivity contribution is 0.168. The molecule has 0 saturated heterocycles. The molecule has 0 unspecified atom stereocenters. The van der Waals surface area contributed by atoms with Gasteiger partial charge in [0.1, 0.15) is 0 Å². The summed E-state index contributed by atoms with van der Waals surface area (Å²) in [6.45, 7) is 1.98. The number of amides is 1. The normalized spacial score (nSPS) is 11.3. The smallest absolute Gasteiger partial charge is 0.411 e. The number of carbonyl (C=O) groups excluding carboxylic acids is 1. The van der Waals surface area contributed by atoms with Crippen molar-refractivity contribution in [3.8, 4) is 0 Å². The van der Waals surface area contributed by atoms with Gasteiger partial charge in [-0.2, -0.15) is 0 Å². The van der Waals surface area contributed by atoms with Crippen LogP contribution >= 0.6 is 0 Å². The van der Waals surface area contributed by atoms with Gasteiger partial charge in [0.2, 0.25) is 10.0 Å². The molecular weight excluding hydrogens is 256 g/mol. The second-order valence-corrected chi connectivity index (χ2v) is 5.81. The molecule has 0 fully saturated rings. The van der Waals surface area contributed by atoms with Gasteiger partial charge in [0.25, 0.3) is 0 Å². The number of sulfonamides is 1. The Morgan fingerprint density at radius 2 is 1.83 bits per heavy atom. The monoisotopic (exact) mass is 272 g/mol. The van der Waals surface area contributed by atoms with E-state index in [-0.39, 0.29) is 11.5 Å². The fourth-order valence-corrected chi connectivity index (χ4v) is 2.11. The largest absolute Gasteiger partial charge is 0.450 e. The Morgan fingerprint density at radius 1 is 1.28 bits per heavy atom. The van der Waals surface area contributed by atoms with Crippen LogP contribution < -0.4 is 5.32 Å². The van der Waals surface area contributed by atoms with Crippen molar-refractivity contribution in [1.82, 2.24) is 4.31 Å². The first-order chi connectivity index (χ1) is 8.37. The number of carbonyl (C=O) groups is 1. The van der Waals surface area contributed by atoms with Crippen LogP contribution in [-0.2, 0) is 14.8 Å². The van der Waals surface area contributed by atoms with Crippen LogP contribution in [0.4, 0.5) is 10.5 Å². The maximum atomic E-state index is 11.8. The van der Waals surface area contributed by atoms with Crippen molar-refractivity contribution < 1.29 is 17.9 Å². The number of hydrogen-bond acceptors (Lipinski definition) is 4. The van der Waals surface area contributed by atoms with E-state index in [1.54, 1.807) is 6.92 Å². The summed E-state index contributed by atoms with van der Waals surface area (Å²) in [7, 11) is -0.526. The minimum Gasteiger partial charge on any atom is -0.450 e. The molecule has 7 heteroatoms. The van der Waals surface area contributed by atoms with Gasteiger partial charge in [-0.15, -0.1) is 0 Å². The average molecular weight is 272 g/mol. The number of nitrogens with zero attached hydrogens (tertiary/aromatic N) is 1. The number of ether oxygens (including phenoxy) is 1. The molecule has 0 spiro atoms. The molecule has 1 aromatic rings. The van der Waals surface area contributed by atoms with Crippen molar-refractivity contribution in [3.63, 3.8) is 0 Å². The Bertz CT molecular complexity index is 508. The highest BCUT2D eigenvalue weighted by Gasteiger charge is 2.16. The molecule has 0 aliphatic carbocycles. The first-order valence-corrected chi connectivity index (χ1v) is 6.78. The van der Waals surface area contributed by atoms with Crippen molar-refractivity contribution in [2.24, 2.45) is 0 Å².